The summed E-state index contributed by atoms with van der Waals surface area (Å²) >= 11 is 0. The lowest BCUT2D eigenvalue weighted by Crippen LogP contribution is -2.38. The van der Waals surface area contributed by atoms with Crippen molar-refractivity contribution in [2.45, 2.75) is 39.7 Å². The summed E-state index contributed by atoms with van der Waals surface area (Å²) in [7, 11) is 0. The van der Waals surface area contributed by atoms with Crippen LogP contribution >= 0.6 is 0 Å². The molecule has 8 heteroatoms. The second-order valence-corrected chi connectivity index (χ2v) is 9.67. The molecule has 0 unspecified atom stereocenters. The molecule has 37 heavy (non-hydrogen) atoms. The number of benzene rings is 2. The molecule has 0 spiro atoms. The van der Waals surface area contributed by atoms with E-state index in [-0.39, 0.29) is 11.8 Å². The van der Waals surface area contributed by atoms with Crippen molar-refractivity contribution >= 4 is 28.3 Å². The number of anilines is 2. The van der Waals surface area contributed by atoms with Crippen molar-refractivity contribution in [2.75, 3.05) is 23.7 Å². The van der Waals surface area contributed by atoms with E-state index < -0.39 is 0 Å². The Morgan fingerprint density at radius 3 is 2.76 bits per heavy atom. The lowest BCUT2D eigenvalue weighted by Gasteiger charge is -2.23. The van der Waals surface area contributed by atoms with E-state index in [1.165, 1.54) is 0 Å². The van der Waals surface area contributed by atoms with Crippen LogP contribution < -0.4 is 20.7 Å². The third-order valence-electron chi connectivity index (χ3n) is 6.52. The van der Waals surface area contributed by atoms with Gasteiger partial charge in [0.25, 0.3) is 0 Å². The molecule has 0 aliphatic carbocycles. The monoisotopic (exact) mass is 496 g/mol. The van der Waals surface area contributed by atoms with Gasteiger partial charge in [-0.2, -0.15) is 0 Å². The van der Waals surface area contributed by atoms with Gasteiger partial charge in [0.1, 0.15) is 5.75 Å². The summed E-state index contributed by atoms with van der Waals surface area (Å²) in [5.41, 5.74) is 3.22. The van der Waals surface area contributed by atoms with Gasteiger partial charge in [-0.3, -0.25) is 4.79 Å². The normalized spacial score (nSPS) is 15.5. The SMILES string of the molecule is Cc1ccc2c(NC(=O)C(C)C)cccc2c1Oc1ncccc1-c1ccnc(N[C@H]2CCCNC2)n1. The predicted octanol–water partition coefficient (Wildman–Crippen LogP) is 5.55. The number of aromatic nitrogens is 3. The van der Waals surface area contributed by atoms with Crippen molar-refractivity contribution < 1.29 is 9.53 Å². The number of amides is 1. The number of aryl methyl sites for hydroxylation is 1. The fraction of sp³-hybridized carbons (Fsp3) is 0.310. The molecule has 0 bridgehead atoms. The fourth-order valence-electron chi connectivity index (χ4n) is 4.46. The van der Waals surface area contributed by atoms with Gasteiger partial charge < -0.3 is 20.7 Å². The van der Waals surface area contributed by atoms with Crippen LogP contribution in [0.25, 0.3) is 22.0 Å². The molecule has 1 amide bonds. The van der Waals surface area contributed by atoms with E-state index in [9.17, 15) is 4.79 Å². The first kappa shape index (κ1) is 24.6. The molecule has 1 saturated heterocycles. The van der Waals surface area contributed by atoms with Crippen molar-refractivity contribution in [1.82, 2.24) is 20.3 Å². The van der Waals surface area contributed by atoms with Crippen LogP contribution in [0.4, 0.5) is 11.6 Å². The molecule has 0 radical (unpaired) electrons. The Kier molecular flexibility index (Phi) is 7.28. The van der Waals surface area contributed by atoms with Crippen molar-refractivity contribution in [2.24, 2.45) is 5.92 Å². The summed E-state index contributed by atoms with van der Waals surface area (Å²) < 4.78 is 6.49. The topological polar surface area (TPSA) is 101 Å². The van der Waals surface area contributed by atoms with Crippen LogP contribution in [0, 0.1) is 12.8 Å². The summed E-state index contributed by atoms with van der Waals surface area (Å²) in [6.45, 7) is 7.70. The minimum atomic E-state index is -0.117. The molecule has 3 N–H and O–H groups in total. The first-order chi connectivity index (χ1) is 18.0. The first-order valence-corrected chi connectivity index (χ1v) is 12.8. The molecule has 8 nitrogen and oxygen atoms in total. The second kappa shape index (κ2) is 10.9. The van der Waals surface area contributed by atoms with Gasteiger partial charge in [0.15, 0.2) is 0 Å². The molecule has 1 fully saturated rings. The van der Waals surface area contributed by atoms with Gasteiger partial charge in [0, 0.05) is 47.4 Å². The van der Waals surface area contributed by atoms with E-state index in [1.54, 1.807) is 12.4 Å². The van der Waals surface area contributed by atoms with Gasteiger partial charge in [-0.25, -0.2) is 15.0 Å². The van der Waals surface area contributed by atoms with Gasteiger partial charge in [-0.15, -0.1) is 0 Å². The van der Waals surface area contributed by atoms with Gasteiger partial charge in [-0.05, 0) is 56.1 Å². The molecule has 5 rings (SSSR count). The Balaban J connectivity index is 1.48. The third kappa shape index (κ3) is 5.54. The summed E-state index contributed by atoms with van der Waals surface area (Å²) in [5, 5.41) is 11.7. The molecule has 1 atom stereocenters. The Morgan fingerprint density at radius 1 is 1.05 bits per heavy atom. The molecule has 2 aromatic carbocycles. The van der Waals surface area contributed by atoms with Crippen molar-refractivity contribution in [3.8, 4) is 22.9 Å². The third-order valence-corrected chi connectivity index (χ3v) is 6.52. The highest BCUT2D eigenvalue weighted by Crippen LogP contribution is 2.38. The van der Waals surface area contributed by atoms with Crippen LogP contribution in [-0.2, 0) is 4.79 Å². The van der Waals surface area contributed by atoms with Gasteiger partial charge in [-0.1, -0.05) is 38.1 Å². The number of hydrogen-bond acceptors (Lipinski definition) is 7. The molecular formula is C29H32N6O2. The first-order valence-electron chi connectivity index (χ1n) is 12.8. The number of carbonyl (C=O) groups excluding carboxylic acids is 1. The Bertz CT molecular complexity index is 1410. The number of rotatable bonds is 7. The Labute approximate surface area is 216 Å². The van der Waals surface area contributed by atoms with Gasteiger partial charge in [0.05, 0.1) is 11.3 Å². The van der Waals surface area contributed by atoms with E-state index in [0.717, 1.165) is 59.2 Å². The van der Waals surface area contributed by atoms with E-state index in [4.69, 9.17) is 9.72 Å². The average molecular weight is 497 g/mol. The largest absolute Gasteiger partial charge is 0.437 e. The Morgan fingerprint density at radius 2 is 1.95 bits per heavy atom. The second-order valence-electron chi connectivity index (χ2n) is 9.67. The molecule has 0 saturated carbocycles. The molecule has 190 valence electrons. The maximum atomic E-state index is 12.4. The van der Waals surface area contributed by atoms with Crippen LogP contribution in [0.1, 0.15) is 32.3 Å². The van der Waals surface area contributed by atoms with Crippen LogP contribution in [0.5, 0.6) is 11.6 Å². The van der Waals surface area contributed by atoms with Crippen LogP contribution in [0.15, 0.2) is 60.9 Å². The quantitative estimate of drug-likeness (QED) is 0.308. The summed E-state index contributed by atoms with van der Waals surface area (Å²) in [4.78, 5) is 26.1. The lowest BCUT2D eigenvalue weighted by atomic mass is 10.0. The fourth-order valence-corrected chi connectivity index (χ4v) is 4.46. The average Bonchev–Trinajstić information content (AvgIpc) is 2.91. The molecule has 2 aromatic heterocycles. The number of piperidine rings is 1. The van der Waals surface area contributed by atoms with Gasteiger partial charge in [0.2, 0.25) is 17.7 Å². The summed E-state index contributed by atoms with van der Waals surface area (Å²) in [5.74, 6) is 1.60. The maximum absolute atomic E-state index is 12.4. The molecule has 4 aromatic rings. The number of ether oxygens (including phenoxy) is 1. The number of nitrogens with one attached hydrogen (secondary N) is 3. The van der Waals surface area contributed by atoms with Crippen molar-refractivity contribution in [1.29, 1.82) is 0 Å². The minimum absolute atomic E-state index is 0.0280. The highest BCUT2D eigenvalue weighted by molar-refractivity contribution is 6.05. The number of hydrogen-bond donors (Lipinski definition) is 3. The zero-order valence-corrected chi connectivity index (χ0v) is 21.4. The minimum Gasteiger partial charge on any atom is -0.437 e. The van der Waals surface area contributed by atoms with E-state index in [1.807, 2.05) is 69.3 Å². The summed E-state index contributed by atoms with van der Waals surface area (Å²) in [6.07, 6.45) is 5.68. The standard InChI is InChI=1S/C29H32N6O2/c1-18(2)27(36)34-24-10-4-8-22-21(24)12-11-19(3)26(22)37-28-23(9-6-15-31-28)25-13-16-32-29(35-25)33-20-7-5-14-30-17-20/h4,6,8-13,15-16,18,20,30H,5,7,14,17H2,1-3H3,(H,34,36)(H,32,33,35)/t20-/m0/s1. The van der Waals surface area contributed by atoms with E-state index in [2.05, 4.69) is 25.9 Å². The van der Waals surface area contributed by atoms with E-state index >= 15 is 0 Å². The van der Waals surface area contributed by atoms with Crippen LogP contribution in [0.2, 0.25) is 0 Å². The van der Waals surface area contributed by atoms with Crippen LogP contribution in [-0.4, -0.2) is 40.0 Å². The molecule has 3 heterocycles. The lowest BCUT2D eigenvalue weighted by molar-refractivity contribution is -0.118. The molecular weight excluding hydrogens is 464 g/mol. The highest BCUT2D eigenvalue weighted by atomic mass is 16.5. The number of carbonyl (C=O) groups is 1. The number of pyridine rings is 1. The molecule has 1 aliphatic heterocycles. The number of fused-ring (bicyclic) bond motifs is 1. The van der Waals surface area contributed by atoms with Crippen molar-refractivity contribution in [3.63, 3.8) is 0 Å². The van der Waals surface area contributed by atoms with E-state index in [0.29, 0.717) is 23.6 Å². The Hall–Kier alpha value is -4.04. The van der Waals surface area contributed by atoms with Crippen LogP contribution in [0.3, 0.4) is 0 Å². The molecule has 1 aliphatic rings. The smallest absolute Gasteiger partial charge is 0.228 e. The predicted molar refractivity (Wildman–Crippen MR) is 147 cm³/mol. The highest BCUT2D eigenvalue weighted by Gasteiger charge is 2.18. The maximum Gasteiger partial charge on any atom is 0.228 e. The zero-order chi connectivity index (χ0) is 25.8. The van der Waals surface area contributed by atoms with Crippen molar-refractivity contribution in [3.05, 3.63) is 66.5 Å². The summed E-state index contributed by atoms with van der Waals surface area (Å²) in [6, 6.07) is 15.8. The van der Waals surface area contributed by atoms with Gasteiger partial charge >= 0.3 is 0 Å². The number of nitrogens with zero attached hydrogens (tertiary/aromatic N) is 3. The zero-order valence-electron chi connectivity index (χ0n) is 21.4.